The molecular weight excluding hydrogens is 464 g/mol. The second-order valence-electron chi connectivity index (χ2n) is 7.52. The maximum atomic E-state index is 12.8. The zero-order valence-corrected chi connectivity index (χ0v) is 20.1. The van der Waals surface area contributed by atoms with Gasteiger partial charge in [-0.25, -0.2) is 8.42 Å². The molecule has 1 amide bonds. The summed E-state index contributed by atoms with van der Waals surface area (Å²) in [4.78, 5) is 25.0. The van der Waals surface area contributed by atoms with E-state index in [1.54, 1.807) is 24.3 Å². The van der Waals surface area contributed by atoms with E-state index in [1.807, 2.05) is 0 Å². The minimum atomic E-state index is -3.71. The number of carbonyl (C=O) groups excluding carboxylic acids is 2. The van der Waals surface area contributed by atoms with Gasteiger partial charge in [0.25, 0.3) is 5.91 Å². The molecule has 1 heterocycles. The van der Waals surface area contributed by atoms with Crippen molar-refractivity contribution in [3.8, 4) is 11.5 Å². The lowest BCUT2D eigenvalue weighted by Crippen LogP contribution is -2.40. The minimum Gasteiger partial charge on any atom is -0.497 e. The highest BCUT2D eigenvalue weighted by molar-refractivity contribution is 7.89. The average molecular weight is 493 g/mol. The molecule has 0 radical (unpaired) electrons. The van der Waals surface area contributed by atoms with Gasteiger partial charge in [0.1, 0.15) is 11.5 Å². The summed E-state index contributed by atoms with van der Waals surface area (Å²) >= 11 is 0. The first-order chi connectivity index (χ1) is 16.2. The lowest BCUT2D eigenvalue weighted by Gasteiger charge is -2.26. The molecule has 0 aromatic heterocycles. The van der Waals surface area contributed by atoms with Crippen LogP contribution in [-0.2, 0) is 35.5 Å². The van der Waals surface area contributed by atoms with Gasteiger partial charge in [-0.15, -0.1) is 0 Å². The quantitative estimate of drug-likeness (QED) is 0.527. The van der Waals surface area contributed by atoms with Crippen molar-refractivity contribution in [2.24, 2.45) is 0 Å². The van der Waals surface area contributed by atoms with E-state index in [0.29, 0.717) is 30.3 Å². The largest absolute Gasteiger partial charge is 0.497 e. The molecule has 2 aromatic carbocycles. The van der Waals surface area contributed by atoms with Crippen LogP contribution < -0.4 is 14.8 Å². The number of anilines is 1. The van der Waals surface area contributed by atoms with Crippen LogP contribution in [0.4, 0.5) is 5.69 Å². The highest BCUT2D eigenvalue weighted by Crippen LogP contribution is 2.25. The van der Waals surface area contributed by atoms with Crippen LogP contribution in [0.3, 0.4) is 0 Å². The van der Waals surface area contributed by atoms with E-state index >= 15 is 0 Å². The first-order valence-electron chi connectivity index (χ1n) is 10.6. The molecule has 10 nitrogen and oxygen atoms in total. The number of rotatable bonds is 9. The molecular formula is C23H28N2O8S. The highest BCUT2D eigenvalue weighted by atomic mass is 32.2. The van der Waals surface area contributed by atoms with E-state index in [1.165, 1.54) is 43.6 Å². The van der Waals surface area contributed by atoms with Crippen LogP contribution in [-0.4, -0.2) is 71.2 Å². The predicted molar refractivity (Wildman–Crippen MR) is 123 cm³/mol. The number of methoxy groups -OCH3 is 2. The normalized spacial score (nSPS) is 15.3. The van der Waals surface area contributed by atoms with Crippen LogP contribution in [0.15, 0.2) is 47.4 Å². The van der Waals surface area contributed by atoms with Crippen LogP contribution in [0.25, 0.3) is 0 Å². The topological polar surface area (TPSA) is 120 Å². The Morgan fingerprint density at radius 1 is 1.09 bits per heavy atom. The van der Waals surface area contributed by atoms with Gasteiger partial charge in [-0.1, -0.05) is 12.1 Å². The number of hydrogen-bond donors (Lipinski definition) is 1. The smallest absolute Gasteiger partial charge is 0.311 e. The summed E-state index contributed by atoms with van der Waals surface area (Å²) in [7, 11) is -0.706. The fourth-order valence-corrected chi connectivity index (χ4v) is 4.81. The molecule has 184 valence electrons. The Balaban J connectivity index is 1.61. The number of sulfonamides is 1. The fraction of sp³-hybridized carbons (Fsp3) is 0.391. The number of esters is 1. The summed E-state index contributed by atoms with van der Waals surface area (Å²) in [6.07, 6.45) is -1.20. The lowest BCUT2D eigenvalue weighted by atomic mass is 10.1. The number of amides is 1. The van der Waals surface area contributed by atoms with Gasteiger partial charge >= 0.3 is 5.97 Å². The molecule has 1 aliphatic rings. The first kappa shape index (κ1) is 25.5. The summed E-state index contributed by atoms with van der Waals surface area (Å²) in [5.74, 6) is -0.156. The second kappa shape index (κ2) is 11.3. The van der Waals surface area contributed by atoms with E-state index in [9.17, 15) is 18.0 Å². The Bertz CT molecular complexity index is 1130. The van der Waals surface area contributed by atoms with E-state index in [0.717, 1.165) is 0 Å². The number of nitrogens with one attached hydrogen (secondary N) is 1. The van der Waals surface area contributed by atoms with Crippen molar-refractivity contribution in [2.45, 2.75) is 24.3 Å². The number of hydrogen-bond acceptors (Lipinski definition) is 8. The number of carbonyl (C=O) groups is 2. The van der Waals surface area contributed by atoms with Crippen LogP contribution in [0, 0.1) is 0 Å². The third kappa shape index (κ3) is 6.25. The molecule has 0 spiro atoms. The van der Waals surface area contributed by atoms with E-state index in [4.69, 9.17) is 18.9 Å². The molecule has 34 heavy (non-hydrogen) atoms. The first-order valence-corrected chi connectivity index (χ1v) is 12.1. The Morgan fingerprint density at radius 2 is 1.82 bits per heavy atom. The monoisotopic (exact) mass is 492 g/mol. The van der Waals surface area contributed by atoms with E-state index in [-0.39, 0.29) is 30.1 Å². The van der Waals surface area contributed by atoms with Gasteiger partial charge in [0.15, 0.2) is 6.10 Å². The molecule has 11 heteroatoms. The maximum Gasteiger partial charge on any atom is 0.311 e. The zero-order valence-electron chi connectivity index (χ0n) is 19.3. The molecule has 3 rings (SSSR count). The summed E-state index contributed by atoms with van der Waals surface area (Å²) in [5.41, 5.74) is 0.862. The Morgan fingerprint density at radius 3 is 2.50 bits per heavy atom. The Kier molecular flexibility index (Phi) is 8.48. The van der Waals surface area contributed by atoms with Crippen LogP contribution in [0.5, 0.6) is 11.5 Å². The van der Waals surface area contributed by atoms with Gasteiger partial charge in [0.05, 0.1) is 38.7 Å². The number of ether oxygens (including phenoxy) is 4. The lowest BCUT2D eigenvalue weighted by molar-refractivity contribution is -0.152. The van der Waals surface area contributed by atoms with Gasteiger partial charge in [-0.2, -0.15) is 4.31 Å². The Hall–Kier alpha value is -3.15. The van der Waals surface area contributed by atoms with Crippen LogP contribution in [0.2, 0.25) is 0 Å². The number of nitrogens with zero attached hydrogens (tertiary/aromatic N) is 1. The van der Waals surface area contributed by atoms with Crippen molar-refractivity contribution in [1.82, 2.24) is 4.31 Å². The number of morpholine rings is 1. The number of benzene rings is 2. The molecule has 1 unspecified atom stereocenters. The van der Waals surface area contributed by atoms with Crippen molar-refractivity contribution in [2.75, 3.05) is 45.8 Å². The zero-order chi connectivity index (χ0) is 24.7. The van der Waals surface area contributed by atoms with Crippen molar-refractivity contribution in [3.05, 3.63) is 48.0 Å². The second-order valence-corrected chi connectivity index (χ2v) is 9.46. The van der Waals surface area contributed by atoms with Gasteiger partial charge in [0, 0.05) is 30.4 Å². The fourth-order valence-electron chi connectivity index (χ4n) is 3.36. The van der Waals surface area contributed by atoms with Crippen molar-refractivity contribution >= 4 is 27.6 Å². The minimum absolute atomic E-state index is 0.0587. The van der Waals surface area contributed by atoms with Gasteiger partial charge in [-0.05, 0) is 31.2 Å². The molecule has 1 aliphatic heterocycles. The molecule has 0 saturated carbocycles. The predicted octanol–water partition coefficient (Wildman–Crippen LogP) is 1.84. The summed E-state index contributed by atoms with van der Waals surface area (Å²) in [6, 6.07) is 11.0. The van der Waals surface area contributed by atoms with Crippen LogP contribution >= 0.6 is 0 Å². The summed E-state index contributed by atoms with van der Waals surface area (Å²) < 4.78 is 47.9. The molecule has 2 aromatic rings. The standard InChI is InChI=1S/C23H28N2O8S/c1-16(33-22(26)13-17-7-8-19(30-2)15-21(17)31-3)23(27)24-18-5-4-6-20(14-18)34(28,29)25-9-11-32-12-10-25/h4-8,14-16H,9-13H2,1-3H3,(H,24,27). The third-order valence-electron chi connectivity index (χ3n) is 5.22. The molecule has 1 atom stereocenters. The third-order valence-corrected chi connectivity index (χ3v) is 7.11. The van der Waals surface area contributed by atoms with Crippen molar-refractivity contribution in [1.29, 1.82) is 0 Å². The Labute approximate surface area is 198 Å². The molecule has 0 bridgehead atoms. The van der Waals surface area contributed by atoms with Gasteiger partial charge in [-0.3, -0.25) is 9.59 Å². The SMILES string of the molecule is COc1ccc(CC(=O)OC(C)C(=O)Nc2cccc(S(=O)(=O)N3CCOCC3)c2)c(OC)c1. The summed E-state index contributed by atoms with van der Waals surface area (Å²) in [5, 5.41) is 2.60. The molecule has 0 aliphatic carbocycles. The van der Waals surface area contributed by atoms with Crippen molar-refractivity contribution < 1.29 is 37.0 Å². The molecule has 1 saturated heterocycles. The van der Waals surface area contributed by atoms with Gasteiger partial charge in [0.2, 0.25) is 10.0 Å². The summed E-state index contributed by atoms with van der Waals surface area (Å²) in [6.45, 7) is 2.64. The molecule has 1 fully saturated rings. The van der Waals surface area contributed by atoms with Crippen molar-refractivity contribution in [3.63, 3.8) is 0 Å². The highest BCUT2D eigenvalue weighted by Gasteiger charge is 2.27. The molecule has 1 N–H and O–H groups in total. The van der Waals surface area contributed by atoms with E-state index in [2.05, 4.69) is 5.32 Å². The van der Waals surface area contributed by atoms with E-state index < -0.39 is 28.0 Å². The average Bonchev–Trinajstić information content (AvgIpc) is 2.84. The maximum absolute atomic E-state index is 12.8. The van der Waals surface area contributed by atoms with Gasteiger partial charge < -0.3 is 24.3 Å². The van der Waals surface area contributed by atoms with Crippen LogP contribution in [0.1, 0.15) is 12.5 Å².